The van der Waals surface area contributed by atoms with E-state index in [0.717, 1.165) is 36.1 Å². The van der Waals surface area contributed by atoms with Crippen LogP contribution in [0.1, 0.15) is 57.5 Å². The van der Waals surface area contributed by atoms with Crippen LogP contribution in [0.25, 0.3) is 0 Å². The predicted octanol–water partition coefficient (Wildman–Crippen LogP) is 5.37. The van der Waals surface area contributed by atoms with Crippen LogP contribution in [0.4, 0.5) is 34.1 Å². The van der Waals surface area contributed by atoms with Crippen LogP contribution in [0.15, 0.2) is 105 Å². The van der Waals surface area contributed by atoms with Gasteiger partial charge in [-0.05, 0) is 61.4 Å². The fraction of sp³-hybridized carbons (Fsp3) is 0.216. The number of anilines is 4. The number of fused-ring (bicyclic) bond motifs is 2. The fourth-order valence-electron chi connectivity index (χ4n) is 5.97. The van der Waals surface area contributed by atoms with Crippen LogP contribution in [-0.2, 0) is 34.9 Å². The van der Waals surface area contributed by atoms with E-state index in [4.69, 9.17) is 5.73 Å². The molecule has 0 fully saturated rings. The topological polar surface area (TPSA) is 272 Å². The van der Waals surface area contributed by atoms with Crippen molar-refractivity contribution in [2.45, 2.75) is 35.5 Å². The third kappa shape index (κ3) is 10.1. The van der Waals surface area contributed by atoms with E-state index < -0.39 is 62.7 Å². The molecule has 0 aromatic heterocycles. The number of benzene rings is 4. The van der Waals surface area contributed by atoms with Crippen LogP contribution in [0.5, 0.6) is 0 Å². The maximum atomic E-state index is 13.7. The van der Waals surface area contributed by atoms with E-state index in [1.807, 2.05) is 11.9 Å². The van der Waals surface area contributed by atoms with Crippen LogP contribution < -0.4 is 21.3 Å². The summed E-state index contributed by atoms with van der Waals surface area (Å²) in [5, 5.41) is 14.3. The van der Waals surface area contributed by atoms with Gasteiger partial charge < -0.3 is 21.3 Å². The van der Waals surface area contributed by atoms with Crippen LogP contribution in [0.2, 0.25) is 0 Å². The lowest BCUT2D eigenvalue weighted by atomic mass is 9.82. The largest absolute Gasteiger partial charge is 0.397 e. The molecule has 0 bridgehead atoms. The number of carbonyl (C=O) groups excluding carboxylic acids is 3. The highest BCUT2D eigenvalue weighted by atomic mass is 32.2. The Balaban J connectivity index is 1.28. The maximum Gasteiger partial charge on any atom is 0.296 e. The van der Waals surface area contributed by atoms with Gasteiger partial charge in [0.15, 0.2) is 21.4 Å². The van der Waals surface area contributed by atoms with Gasteiger partial charge in [0.2, 0.25) is 5.91 Å². The van der Waals surface area contributed by atoms with Gasteiger partial charge in [-0.15, -0.1) is 0 Å². The Hall–Kier alpha value is -5.80. The number of sulfone groups is 1. The second-order valence-corrected chi connectivity index (χ2v) is 17.7. The number of azo groups is 1. The molecule has 0 unspecified atom stereocenters. The molecule has 4 aromatic carbocycles. The smallest absolute Gasteiger partial charge is 0.296 e. The molecule has 1 aliphatic rings. The van der Waals surface area contributed by atoms with E-state index in [0.29, 0.717) is 18.7 Å². The van der Waals surface area contributed by atoms with E-state index in [-0.39, 0.29) is 58.4 Å². The van der Waals surface area contributed by atoms with E-state index >= 15 is 0 Å². The minimum atomic E-state index is -5.06. The molecule has 0 saturated heterocycles. The Morgan fingerprint density at radius 1 is 0.789 bits per heavy atom. The number of unbranched alkanes of at least 4 members (excludes halogenated alkanes) is 2. The lowest BCUT2D eigenvalue weighted by molar-refractivity contribution is -0.121. The standard InChI is InChI=1S/C37H38N6O11S3/c1-3-55(47,48)20-18-39-32(44)11-5-4-8-19-43(2)25-15-12-23(13-16-25)41-42-24-14-17-28(30(21-24)56(49,50)51)40-29-22-31(57(52,53)54)35(38)34-33(29)36(45)26-9-6-7-10-27(26)37(34)46/h3,6-7,9-10,12-17,21-22,40H,1,4-5,8,11,18-20,38H2,2H3,(H,39,44)(H,49,50,51)(H,52,53,54)/b42-41+. The number of hydrogen-bond donors (Lipinski definition) is 5. The molecule has 57 heavy (non-hydrogen) atoms. The summed E-state index contributed by atoms with van der Waals surface area (Å²) in [7, 11) is -11.5. The number of carbonyl (C=O) groups is 3. The molecule has 0 radical (unpaired) electrons. The third-order valence-electron chi connectivity index (χ3n) is 8.92. The first-order valence-electron chi connectivity index (χ1n) is 17.2. The van der Waals surface area contributed by atoms with E-state index in [2.05, 4.69) is 27.4 Å². The SMILES string of the molecule is C=CS(=O)(=O)CCNC(=O)CCCCCN(C)c1ccc(/N=N/c2ccc(Nc3cc(S(=O)(=O)O)c(N)c4c3C(=O)c3ccccc3C4=O)c(S(=O)(=O)O)c2)cc1. The third-order valence-corrected chi connectivity index (χ3v) is 12.0. The summed E-state index contributed by atoms with van der Waals surface area (Å²) < 4.78 is 92.6. The number of nitrogens with two attached hydrogens (primary N) is 1. The summed E-state index contributed by atoms with van der Waals surface area (Å²) in [6.45, 7) is 3.95. The zero-order chi connectivity index (χ0) is 41.7. The molecular formula is C37H38N6O11S3. The van der Waals surface area contributed by atoms with Crippen molar-refractivity contribution in [3.05, 3.63) is 107 Å². The highest BCUT2D eigenvalue weighted by Crippen LogP contribution is 2.41. The molecule has 1 aliphatic carbocycles. The van der Waals surface area contributed by atoms with Crippen LogP contribution in [-0.4, -0.2) is 77.7 Å². The van der Waals surface area contributed by atoms with Gasteiger partial charge in [0.25, 0.3) is 20.2 Å². The summed E-state index contributed by atoms with van der Waals surface area (Å²) in [6.07, 6.45) is 2.48. The number of rotatable bonds is 17. The van der Waals surface area contributed by atoms with Crippen molar-refractivity contribution in [2.75, 3.05) is 41.8 Å². The van der Waals surface area contributed by atoms with E-state index in [1.54, 1.807) is 24.3 Å². The number of hydrogen-bond acceptors (Lipinski definition) is 14. The van der Waals surface area contributed by atoms with Gasteiger partial charge in [-0.1, -0.05) is 37.3 Å². The van der Waals surface area contributed by atoms with Crippen molar-refractivity contribution in [3.63, 3.8) is 0 Å². The van der Waals surface area contributed by atoms with Crippen molar-refractivity contribution >= 4 is 81.7 Å². The van der Waals surface area contributed by atoms with Crippen molar-refractivity contribution in [1.82, 2.24) is 5.32 Å². The average molecular weight is 839 g/mol. The monoisotopic (exact) mass is 838 g/mol. The summed E-state index contributed by atoms with van der Waals surface area (Å²) in [6, 6.07) is 17.0. The maximum absolute atomic E-state index is 13.7. The first-order chi connectivity index (χ1) is 26.8. The summed E-state index contributed by atoms with van der Waals surface area (Å²) in [5.41, 5.74) is 4.93. The Morgan fingerprint density at radius 2 is 1.39 bits per heavy atom. The molecule has 0 heterocycles. The molecule has 300 valence electrons. The van der Waals surface area contributed by atoms with Crippen molar-refractivity contribution in [2.24, 2.45) is 10.2 Å². The molecule has 0 aliphatic heterocycles. The Kier molecular flexibility index (Phi) is 12.7. The van der Waals surface area contributed by atoms with Crippen LogP contribution in [0.3, 0.4) is 0 Å². The lowest BCUT2D eigenvalue weighted by Gasteiger charge is -2.24. The zero-order valence-electron chi connectivity index (χ0n) is 30.4. The quantitative estimate of drug-likeness (QED) is 0.0341. The predicted molar refractivity (Wildman–Crippen MR) is 213 cm³/mol. The Morgan fingerprint density at radius 3 is 2.00 bits per heavy atom. The number of nitrogens with zero attached hydrogens (tertiary/aromatic N) is 3. The second-order valence-electron chi connectivity index (χ2n) is 12.9. The van der Waals surface area contributed by atoms with Gasteiger partial charge in [-0.2, -0.15) is 27.1 Å². The minimum Gasteiger partial charge on any atom is -0.397 e. The van der Waals surface area contributed by atoms with Gasteiger partial charge >= 0.3 is 0 Å². The first-order valence-corrected chi connectivity index (χ1v) is 21.8. The number of ketones is 2. The molecule has 20 heteroatoms. The molecule has 0 spiro atoms. The molecular weight excluding hydrogens is 801 g/mol. The van der Waals surface area contributed by atoms with Crippen molar-refractivity contribution < 1.29 is 48.7 Å². The molecule has 0 atom stereocenters. The Labute approximate surface area is 329 Å². The average Bonchev–Trinajstić information content (AvgIpc) is 3.16. The zero-order valence-corrected chi connectivity index (χ0v) is 32.8. The summed E-state index contributed by atoms with van der Waals surface area (Å²) >= 11 is 0. The Bertz CT molecular complexity index is 2630. The second kappa shape index (κ2) is 17.1. The first kappa shape index (κ1) is 42.3. The van der Waals surface area contributed by atoms with Gasteiger partial charge in [0.1, 0.15) is 9.79 Å². The van der Waals surface area contributed by atoms with Gasteiger partial charge in [-0.3, -0.25) is 23.5 Å². The fourth-order valence-corrected chi connectivity index (χ4v) is 7.84. The van der Waals surface area contributed by atoms with Crippen LogP contribution in [0, 0.1) is 0 Å². The number of nitrogen functional groups attached to an aromatic ring is 1. The summed E-state index contributed by atoms with van der Waals surface area (Å²) in [4.78, 5) is 39.4. The van der Waals surface area contributed by atoms with Crippen molar-refractivity contribution in [1.29, 1.82) is 0 Å². The highest BCUT2D eigenvalue weighted by molar-refractivity contribution is 7.94. The van der Waals surface area contributed by atoms with Gasteiger partial charge in [0, 0.05) is 48.8 Å². The van der Waals surface area contributed by atoms with Gasteiger partial charge in [-0.25, -0.2) is 8.42 Å². The minimum absolute atomic E-state index is 0.0111. The molecule has 4 aromatic rings. The van der Waals surface area contributed by atoms with Crippen molar-refractivity contribution in [3.8, 4) is 0 Å². The molecule has 6 N–H and O–H groups in total. The lowest BCUT2D eigenvalue weighted by Crippen LogP contribution is -2.28. The summed E-state index contributed by atoms with van der Waals surface area (Å²) in [5.74, 6) is -1.95. The highest BCUT2D eigenvalue weighted by Gasteiger charge is 2.37. The van der Waals surface area contributed by atoms with Crippen LogP contribution >= 0.6 is 0 Å². The molecule has 0 saturated carbocycles. The normalized spacial score (nSPS) is 12.9. The molecule has 17 nitrogen and oxygen atoms in total. The molecule has 1 amide bonds. The van der Waals surface area contributed by atoms with Gasteiger partial charge in [0.05, 0.1) is 45.3 Å². The number of amides is 1. The van der Waals surface area contributed by atoms with E-state index in [9.17, 15) is 48.7 Å². The number of nitrogens with one attached hydrogen (secondary N) is 2. The molecule has 5 rings (SSSR count). The van der Waals surface area contributed by atoms with E-state index in [1.165, 1.54) is 36.4 Å².